The van der Waals surface area contributed by atoms with Crippen molar-refractivity contribution in [3.8, 4) is 11.9 Å². The van der Waals surface area contributed by atoms with Gasteiger partial charge in [0.25, 0.3) is 0 Å². The van der Waals surface area contributed by atoms with Crippen LogP contribution in [0.5, 0.6) is 11.9 Å². The first-order chi connectivity index (χ1) is 8.59. The highest BCUT2D eigenvalue weighted by atomic mass is 16.5. The maximum atomic E-state index is 11.2. The molecule has 6 nitrogen and oxygen atoms in total. The largest absolute Gasteiger partial charge is 0.481 e. The van der Waals surface area contributed by atoms with Crippen molar-refractivity contribution in [1.29, 1.82) is 0 Å². The average molecular weight is 252 g/mol. The molecule has 1 aliphatic rings. The predicted molar refractivity (Wildman–Crippen MR) is 62.5 cm³/mol. The van der Waals surface area contributed by atoms with Gasteiger partial charge in [-0.2, -0.15) is 4.98 Å². The van der Waals surface area contributed by atoms with Crippen molar-refractivity contribution in [2.45, 2.75) is 31.3 Å². The summed E-state index contributed by atoms with van der Waals surface area (Å²) in [5.74, 6) is 0.465. The van der Waals surface area contributed by atoms with Crippen molar-refractivity contribution >= 4 is 5.78 Å². The van der Waals surface area contributed by atoms with Gasteiger partial charge in [-0.25, -0.2) is 4.98 Å². The standard InChI is InChI=1S/C12H16N2O4/c1-17-10-9(7-13-11(14-10)18-2)12(16)5-3-8(15)4-6-12/h7,16H,3-6H2,1-2H3. The van der Waals surface area contributed by atoms with Crippen LogP contribution >= 0.6 is 0 Å². The predicted octanol–water partition coefficient (Wildman–Crippen LogP) is 0.824. The summed E-state index contributed by atoms with van der Waals surface area (Å²) in [6, 6.07) is 0.186. The van der Waals surface area contributed by atoms with Gasteiger partial charge in [0.15, 0.2) is 0 Å². The summed E-state index contributed by atoms with van der Waals surface area (Å²) < 4.78 is 10.1. The maximum Gasteiger partial charge on any atom is 0.319 e. The molecule has 1 fully saturated rings. The highest BCUT2D eigenvalue weighted by Gasteiger charge is 2.37. The molecule has 0 saturated heterocycles. The van der Waals surface area contributed by atoms with Gasteiger partial charge in [-0.05, 0) is 12.8 Å². The fourth-order valence-electron chi connectivity index (χ4n) is 2.14. The first-order valence-corrected chi connectivity index (χ1v) is 5.78. The van der Waals surface area contributed by atoms with Crippen LogP contribution in [0.25, 0.3) is 0 Å². The van der Waals surface area contributed by atoms with Gasteiger partial charge in [-0.15, -0.1) is 0 Å². The normalized spacial score (nSPS) is 18.5. The molecular weight excluding hydrogens is 236 g/mol. The minimum Gasteiger partial charge on any atom is -0.481 e. The first-order valence-electron chi connectivity index (χ1n) is 5.78. The van der Waals surface area contributed by atoms with E-state index in [0.717, 1.165) is 0 Å². The molecule has 1 heterocycles. The number of rotatable bonds is 3. The molecule has 6 heteroatoms. The van der Waals surface area contributed by atoms with Gasteiger partial charge in [0.05, 0.1) is 25.4 Å². The van der Waals surface area contributed by atoms with Crippen LogP contribution in [0.1, 0.15) is 31.2 Å². The molecule has 0 radical (unpaired) electrons. The number of ether oxygens (including phenoxy) is 2. The zero-order chi connectivity index (χ0) is 13.2. The van der Waals surface area contributed by atoms with E-state index in [2.05, 4.69) is 9.97 Å². The van der Waals surface area contributed by atoms with Crippen LogP contribution in [-0.4, -0.2) is 35.1 Å². The molecule has 0 spiro atoms. The lowest BCUT2D eigenvalue weighted by molar-refractivity contribution is -0.125. The molecule has 1 saturated carbocycles. The van der Waals surface area contributed by atoms with Crippen LogP contribution in [-0.2, 0) is 10.4 Å². The highest BCUT2D eigenvalue weighted by molar-refractivity contribution is 5.79. The number of aliphatic hydroxyl groups is 1. The third kappa shape index (κ3) is 2.28. The van der Waals surface area contributed by atoms with Gasteiger partial charge in [-0.3, -0.25) is 4.79 Å². The summed E-state index contributed by atoms with van der Waals surface area (Å²) >= 11 is 0. The molecule has 98 valence electrons. The van der Waals surface area contributed by atoms with Crippen molar-refractivity contribution in [3.63, 3.8) is 0 Å². The van der Waals surface area contributed by atoms with E-state index in [1.165, 1.54) is 20.4 Å². The summed E-state index contributed by atoms with van der Waals surface area (Å²) in [4.78, 5) is 19.3. The number of hydrogen-bond donors (Lipinski definition) is 1. The number of ketones is 1. The van der Waals surface area contributed by atoms with E-state index in [0.29, 0.717) is 37.1 Å². The summed E-state index contributed by atoms with van der Waals surface area (Å²) in [6.45, 7) is 0. The number of methoxy groups -OCH3 is 2. The third-order valence-corrected chi connectivity index (χ3v) is 3.24. The smallest absolute Gasteiger partial charge is 0.319 e. The van der Waals surface area contributed by atoms with Crippen LogP contribution in [0, 0.1) is 0 Å². The monoisotopic (exact) mass is 252 g/mol. The summed E-state index contributed by atoms with van der Waals surface area (Å²) in [5, 5.41) is 10.6. The fraction of sp³-hybridized carbons (Fsp3) is 0.583. The van der Waals surface area contributed by atoms with Crippen molar-refractivity contribution < 1.29 is 19.4 Å². The Labute approximate surface area is 105 Å². The third-order valence-electron chi connectivity index (χ3n) is 3.24. The molecule has 18 heavy (non-hydrogen) atoms. The molecule has 1 N–H and O–H groups in total. The summed E-state index contributed by atoms with van der Waals surface area (Å²) in [5.41, 5.74) is -0.579. The summed E-state index contributed by atoms with van der Waals surface area (Å²) in [7, 11) is 2.94. The van der Waals surface area contributed by atoms with E-state index in [1.807, 2.05) is 0 Å². The molecule has 0 bridgehead atoms. The highest BCUT2D eigenvalue weighted by Crippen LogP contribution is 2.39. The molecule has 2 rings (SSSR count). The molecule has 0 aromatic carbocycles. The van der Waals surface area contributed by atoms with Crippen LogP contribution in [0.15, 0.2) is 6.20 Å². The van der Waals surface area contributed by atoms with Crippen molar-refractivity contribution in [1.82, 2.24) is 9.97 Å². The maximum absolute atomic E-state index is 11.2. The van der Waals surface area contributed by atoms with E-state index in [-0.39, 0.29) is 11.8 Å². The van der Waals surface area contributed by atoms with E-state index in [9.17, 15) is 9.90 Å². The second-order valence-electron chi connectivity index (χ2n) is 4.35. The molecule has 0 amide bonds. The van der Waals surface area contributed by atoms with Crippen molar-refractivity contribution in [2.75, 3.05) is 14.2 Å². The minimum atomic E-state index is -1.09. The van der Waals surface area contributed by atoms with E-state index >= 15 is 0 Å². The van der Waals surface area contributed by atoms with Gasteiger partial charge in [0.1, 0.15) is 5.78 Å². The Morgan fingerprint density at radius 2 is 1.94 bits per heavy atom. The zero-order valence-electron chi connectivity index (χ0n) is 10.5. The number of carbonyl (C=O) groups excluding carboxylic acids is 1. The van der Waals surface area contributed by atoms with Crippen LogP contribution in [0.3, 0.4) is 0 Å². The molecule has 1 aliphatic carbocycles. The molecule has 0 atom stereocenters. The van der Waals surface area contributed by atoms with Gasteiger partial charge in [0.2, 0.25) is 5.88 Å². The fourth-order valence-corrected chi connectivity index (χ4v) is 2.14. The number of nitrogens with zero attached hydrogens (tertiary/aromatic N) is 2. The van der Waals surface area contributed by atoms with Gasteiger partial charge in [0, 0.05) is 19.0 Å². The Morgan fingerprint density at radius 3 is 2.50 bits per heavy atom. The molecule has 1 aromatic rings. The Morgan fingerprint density at radius 1 is 1.28 bits per heavy atom. The second kappa shape index (κ2) is 4.89. The van der Waals surface area contributed by atoms with Crippen molar-refractivity contribution in [2.24, 2.45) is 0 Å². The molecule has 0 unspecified atom stereocenters. The SMILES string of the molecule is COc1ncc(C2(O)CCC(=O)CC2)c(OC)n1. The lowest BCUT2D eigenvalue weighted by Crippen LogP contribution is -2.32. The van der Waals surface area contributed by atoms with E-state index < -0.39 is 5.60 Å². The van der Waals surface area contributed by atoms with Crippen LogP contribution < -0.4 is 9.47 Å². The number of Topliss-reactive ketones (excluding diaryl/α,β-unsaturated/α-hetero) is 1. The van der Waals surface area contributed by atoms with Gasteiger partial charge < -0.3 is 14.6 Å². The number of carbonyl (C=O) groups is 1. The van der Waals surface area contributed by atoms with E-state index in [1.54, 1.807) is 0 Å². The van der Waals surface area contributed by atoms with Crippen LogP contribution in [0.4, 0.5) is 0 Å². The quantitative estimate of drug-likeness (QED) is 0.857. The van der Waals surface area contributed by atoms with Crippen LogP contribution in [0.2, 0.25) is 0 Å². The Hall–Kier alpha value is -1.69. The van der Waals surface area contributed by atoms with Crippen molar-refractivity contribution in [3.05, 3.63) is 11.8 Å². The first kappa shape index (κ1) is 12.8. The Balaban J connectivity index is 2.34. The lowest BCUT2D eigenvalue weighted by atomic mass is 9.80. The average Bonchev–Trinajstić information content (AvgIpc) is 2.41. The zero-order valence-corrected chi connectivity index (χ0v) is 10.5. The molecular formula is C12H16N2O4. The van der Waals surface area contributed by atoms with Gasteiger partial charge in [-0.1, -0.05) is 0 Å². The Bertz CT molecular complexity index is 451. The Kier molecular flexibility index (Phi) is 3.47. The second-order valence-corrected chi connectivity index (χ2v) is 4.35. The summed E-state index contributed by atoms with van der Waals surface area (Å²) in [6.07, 6.45) is 2.98. The van der Waals surface area contributed by atoms with E-state index in [4.69, 9.17) is 9.47 Å². The van der Waals surface area contributed by atoms with Gasteiger partial charge >= 0.3 is 6.01 Å². The topological polar surface area (TPSA) is 81.5 Å². The number of aromatic nitrogens is 2. The minimum absolute atomic E-state index is 0.174. The molecule has 0 aliphatic heterocycles. The number of hydrogen-bond acceptors (Lipinski definition) is 6. The molecule has 1 aromatic heterocycles. The lowest BCUT2D eigenvalue weighted by Gasteiger charge is -2.32.